The molecular weight excluding hydrogens is 326 g/mol. The van der Waals surface area contributed by atoms with Gasteiger partial charge in [-0.1, -0.05) is 29.8 Å². The fourth-order valence-electron chi connectivity index (χ4n) is 3.61. The molecule has 0 unspecified atom stereocenters. The van der Waals surface area contributed by atoms with Crippen LogP contribution in [0.5, 0.6) is 5.75 Å². The Morgan fingerprint density at radius 3 is 2.62 bits per heavy atom. The maximum atomic E-state index is 6.35. The molecule has 0 bridgehead atoms. The van der Waals surface area contributed by atoms with Crippen molar-refractivity contribution in [1.29, 1.82) is 0 Å². The summed E-state index contributed by atoms with van der Waals surface area (Å²) in [5, 5.41) is 3.59. The quantitative estimate of drug-likeness (QED) is 0.841. The van der Waals surface area contributed by atoms with Crippen LogP contribution in [0, 0.1) is 5.92 Å². The Morgan fingerprint density at radius 1 is 1.24 bits per heavy atom. The molecule has 0 amide bonds. The number of ether oxygens (including phenoxy) is 1. The van der Waals surface area contributed by atoms with E-state index < -0.39 is 0 Å². The van der Waals surface area contributed by atoms with Gasteiger partial charge in [-0.25, -0.2) is 0 Å². The lowest BCUT2D eigenvalue weighted by Gasteiger charge is -2.43. The summed E-state index contributed by atoms with van der Waals surface area (Å²) < 4.78 is 7.51. The van der Waals surface area contributed by atoms with E-state index in [0.29, 0.717) is 0 Å². The Labute approximate surface area is 136 Å². The number of benzene rings is 1. The van der Waals surface area contributed by atoms with Crippen LogP contribution in [-0.4, -0.2) is 12.1 Å². The van der Waals surface area contributed by atoms with Crippen molar-refractivity contribution in [2.75, 3.05) is 6.54 Å². The van der Waals surface area contributed by atoms with Gasteiger partial charge in [-0.15, -0.1) is 0 Å². The number of rotatable bonds is 4. The first-order valence-corrected chi connectivity index (χ1v) is 8.79. The molecule has 1 heterocycles. The third-order valence-electron chi connectivity index (χ3n) is 4.55. The van der Waals surface area contributed by atoms with Gasteiger partial charge in [0.1, 0.15) is 11.4 Å². The van der Waals surface area contributed by atoms with E-state index >= 15 is 0 Å². The molecule has 3 rings (SSSR count). The Morgan fingerprint density at radius 2 is 1.95 bits per heavy atom. The van der Waals surface area contributed by atoms with Gasteiger partial charge >= 0.3 is 0 Å². The Balaban J connectivity index is 1.91. The Kier molecular flexibility index (Phi) is 3.86. The second-order valence-corrected chi connectivity index (χ2v) is 8.85. The van der Waals surface area contributed by atoms with E-state index in [1.807, 2.05) is 0 Å². The van der Waals surface area contributed by atoms with Crippen molar-refractivity contribution in [3.05, 3.63) is 27.7 Å². The molecule has 0 atom stereocenters. The number of nitrogens with one attached hydrogen (secondary N) is 1. The summed E-state index contributed by atoms with van der Waals surface area (Å²) in [4.78, 5) is 0. The average Bonchev–Trinajstić information content (AvgIpc) is 3.13. The van der Waals surface area contributed by atoms with E-state index in [0.717, 1.165) is 35.7 Å². The van der Waals surface area contributed by atoms with Crippen LogP contribution in [0.15, 0.2) is 16.6 Å². The van der Waals surface area contributed by atoms with Crippen molar-refractivity contribution in [1.82, 2.24) is 5.32 Å². The second-order valence-electron chi connectivity index (χ2n) is 7.94. The van der Waals surface area contributed by atoms with Crippen molar-refractivity contribution in [2.24, 2.45) is 5.92 Å². The van der Waals surface area contributed by atoms with Gasteiger partial charge in [-0.3, -0.25) is 0 Å². The zero-order chi connectivity index (χ0) is 15.3. The summed E-state index contributed by atoms with van der Waals surface area (Å²) in [6, 6.07) is 4.44. The molecule has 1 aromatic carbocycles. The van der Waals surface area contributed by atoms with Crippen molar-refractivity contribution in [3.8, 4) is 5.75 Å². The minimum absolute atomic E-state index is 0.102. The molecule has 0 saturated heterocycles. The largest absolute Gasteiger partial charge is 0.487 e. The van der Waals surface area contributed by atoms with Gasteiger partial charge in [0, 0.05) is 22.1 Å². The first kappa shape index (κ1) is 15.4. The summed E-state index contributed by atoms with van der Waals surface area (Å²) in [6.07, 6.45) is 3.82. The molecule has 1 N–H and O–H groups in total. The monoisotopic (exact) mass is 351 g/mol. The van der Waals surface area contributed by atoms with E-state index in [2.05, 4.69) is 61.1 Å². The molecule has 2 nitrogen and oxygen atoms in total. The Hall–Kier alpha value is -0.540. The fraction of sp³-hybridized carbons (Fsp3) is 0.667. The lowest BCUT2D eigenvalue weighted by Crippen LogP contribution is -2.42. The van der Waals surface area contributed by atoms with Gasteiger partial charge < -0.3 is 10.1 Å². The molecule has 1 aromatic rings. The highest BCUT2D eigenvalue weighted by Gasteiger charge is 2.40. The van der Waals surface area contributed by atoms with Crippen LogP contribution in [-0.2, 0) is 12.0 Å². The number of halogens is 1. The van der Waals surface area contributed by atoms with Crippen molar-refractivity contribution >= 4 is 15.9 Å². The Bertz CT molecular complexity index is 546. The topological polar surface area (TPSA) is 21.3 Å². The minimum Gasteiger partial charge on any atom is -0.487 e. The van der Waals surface area contributed by atoms with Crippen LogP contribution < -0.4 is 10.1 Å². The predicted octanol–water partition coefficient (Wildman–Crippen LogP) is 4.79. The van der Waals surface area contributed by atoms with E-state index in [1.54, 1.807) is 0 Å². The number of hydrogen-bond donors (Lipinski definition) is 1. The standard InChI is InChI=1S/C18H26BrNO/c1-17(2)11-18(3,4)21-16-13(7-14(19)8-15(16)17)10-20-9-12-5-6-12/h7-8,12,20H,5-6,9-11H2,1-4H3. The third-order valence-corrected chi connectivity index (χ3v) is 5.01. The molecule has 1 fully saturated rings. The molecule has 2 aliphatic rings. The van der Waals surface area contributed by atoms with E-state index in [-0.39, 0.29) is 11.0 Å². The SMILES string of the molecule is CC1(C)CC(C)(C)c2cc(Br)cc(CNCC3CC3)c2O1. The van der Waals surface area contributed by atoms with Crippen molar-refractivity contribution in [2.45, 2.75) is 64.5 Å². The van der Waals surface area contributed by atoms with Crippen LogP contribution in [0.2, 0.25) is 0 Å². The molecule has 116 valence electrons. The smallest absolute Gasteiger partial charge is 0.128 e. The van der Waals surface area contributed by atoms with Crippen molar-refractivity contribution < 1.29 is 4.74 Å². The van der Waals surface area contributed by atoms with Crippen LogP contribution >= 0.6 is 15.9 Å². The second kappa shape index (κ2) is 5.27. The fourth-order valence-corrected chi connectivity index (χ4v) is 4.11. The van der Waals surface area contributed by atoms with Gasteiger partial charge in [0.25, 0.3) is 0 Å². The summed E-state index contributed by atoms with van der Waals surface area (Å²) in [5.74, 6) is 2.00. The predicted molar refractivity (Wildman–Crippen MR) is 90.9 cm³/mol. The molecule has 0 aromatic heterocycles. The van der Waals surface area contributed by atoms with Crippen molar-refractivity contribution in [3.63, 3.8) is 0 Å². The van der Waals surface area contributed by atoms with Gasteiger partial charge in [0.15, 0.2) is 0 Å². The van der Waals surface area contributed by atoms with Gasteiger partial charge in [0.2, 0.25) is 0 Å². The van der Waals surface area contributed by atoms with Gasteiger partial charge in [0.05, 0.1) is 0 Å². The minimum atomic E-state index is -0.102. The zero-order valence-electron chi connectivity index (χ0n) is 13.6. The highest BCUT2D eigenvalue weighted by molar-refractivity contribution is 9.10. The van der Waals surface area contributed by atoms with E-state index in [4.69, 9.17) is 4.74 Å². The maximum absolute atomic E-state index is 6.35. The van der Waals surface area contributed by atoms with Gasteiger partial charge in [-0.2, -0.15) is 0 Å². The van der Waals surface area contributed by atoms with Gasteiger partial charge in [-0.05, 0) is 63.1 Å². The summed E-state index contributed by atoms with van der Waals surface area (Å²) >= 11 is 3.67. The normalized spacial score (nSPS) is 22.5. The average molecular weight is 352 g/mol. The molecule has 3 heteroatoms. The molecule has 0 spiro atoms. The van der Waals surface area contributed by atoms with E-state index in [9.17, 15) is 0 Å². The van der Waals surface area contributed by atoms with Crippen LogP contribution in [0.3, 0.4) is 0 Å². The summed E-state index contributed by atoms with van der Waals surface area (Å²) in [5.41, 5.74) is 2.65. The first-order chi connectivity index (χ1) is 9.77. The molecule has 1 saturated carbocycles. The number of hydrogen-bond acceptors (Lipinski definition) is 2. The van der Waals surface area contributed by atoms with E-state index in [1.165, 1.54) is 24.0 Å². The highest BCUT2D eigenvalue weighted by Crippen LogP contribution is 2.47. The molecule has 21 heavy (non-hydrogen) atoms. The zero-order valence-corrected chi connectivity index (χ0v) is 15.1. The molecule has 0 radical (unpaired) electrons. The third kappa shape index (κ3) is 3.45. The lowest BCUT2D eigenvalue weighted by molar-refractivity contribution is 0.0520. The van der Waals surface area contributed by atoms with Crippen LogP contribution in [0.4, 0.5) is 0 Å². The maximum Gasteiger partial charge on any atom is 0.128 e. The highest BCUT2D eigenvalue weighted by atomic mass is 79.9. The molecule has 1 aliphatic heterocycles. The molecule has 1 aliphatic carbocycles. The van der Waals surface area contributed by atoms with Crippen LogP contribution in [0.1, 0.15) is 58.1 Å². The summed E-state index contributed by atoms with van der Waals surface area (Å²) in [7, 11) is 0. The lowest BCUT2D eigenvalue weighted by atomic mass is 9.73. The first-order valence-electron chi connectivity index (χ1n) is 7.99. The number of fused-ring (bicyclic) bond motifs is 1. The summed E-state index contributed by atoms with van der Waals surface area (Å²) in [6.45, 7) is 11.1. The van der Waals surface area contributed by atoms with Crippen LogP contribution in [0.25, 0.3) is 0 Å². The molecular formula is C18H26BrNO.